The fourth-order valence-electron chi connectivity index (χ4n) is 1.30. The van der Waals surface area contributed by atoms with Gasteiger partial charge in [-0.05, 0) is 12.1 Å². The first-order chi connectivity index (χ1) is 6.93. The van der Waals surface area contributed by atoms with Crippen molar-refractivity contribution in [2.45, 2.75) is 0 Å². The molecule has 0 radical (unpaired) electrons. The zero-order chi connectivity index (χ0) is 9.38. The first-order valence-corrected chi connectivity index (χ1v) is 4.14. The third kappa shape index (κ3) is 0.990. The Labute approximate surface area is 78.9 Å². The van der Waals surface area contributed by atoms with Crippen LogP contribution in [-0.2, 0) is 0 Å². The van der Waals surface area contributed by atoms with Gasteiger partial charge in [-0.15, -0.1) is 10.2 Å². The molecule has 0 amide bonds. The van der Waals surface area contributed by atoms with E-state index in [-0.39, 0.29) is 0 Å². The highest BCUT2D eigenvalue weighted by Gasteiger charge is 2.01. The summed E-state index contributed by atoms with van der Waals surface area (Å²) in [5.41, 5.74) is 2.63. The van der Waals surface area contributed by atoms with E-state index in [0.717, 1.165) is 11.0 Å². The predicted octanol–water partition coefficient (Wildman–Crippen LogP) is 0.968. The minimum absolute atomic E-state index is 0.478. The van der Waals surface area contributed by atoms with Gasteiger partial charge in [-0.2, -0.15) is 0 Å². The maximum atomic E-state index is 4.30. The quantitative estimate of drug-likeness (QED) is 0.486. The lowest BCUT2D eigenvalue weighted by Gasteiger charge is -1.96. The van der Waals surface area contributed by atoms with E-state index in [1.807, 2.05) is 24.3 Å². The maximum absolute atomic E-state index is 4.30. The summed E-state index contributed by atoms with van der Waals surface area (Å²) in [7, 11) is 0. The number of hydrogen-bond donors (Lipinski definition) is 0. The summed E-state index contributed by atoms with van der Waals surface area (Å²) in [5, 5.41) is 7.50. The van der Waals surface area contributed by atoms with Crippen LogP contribution in [0.2, 0.25) is 0 Å². The molecule has 2 heterocycles. The van der Waals surface area contributed by atoms with Crippen molar-refractivity contribution in [2.24, 2.45) is 0 Å². The molecule has 0 atom stereocenters. The van der Waals surface area contributed by atoms with Gasteiger partial charge in [-0.1, -0.05) is 12.1 Å². The Morgan fingerprint density at radius 2 is 1.57 bits per heavy atom. The molecule has 14 heavy (non-hydrogen) atoms. The number of aromatic nitrogens is 5. The van der Waals surface area contributed by atoms with Gasteiger partial charge in [-0.3, -0.25) is 0 Å². The highest BCUT2D eigenvalue weighted by molar-refractivity contribution is 5.81. The summed E-state index contributed by atoms with van der Waals surface area (Å²) in [5.74, 6) is 0. The van der Waals surface area contributed by atoms with E-state index in [2.05, 4.69) is 25.1 Å². The van der Waals surface area contributed by atoms with E-state index in [4.69, 9.17) is 0 Å². The monoisotopic (exact) mass is 183 g/mol. The van der Waals surface area contributed by atoms with Crippen molar-refractivity contribution in [1.29, 1.82) is 0 Å². The molecule has 0 unspecified atom stereocenters. The van der Waals surface area contributed by atoms with Gasteiger partial charge < -0.3 is 0 Å². The van der Waals surface area contributed by atoms with E-state index in [1.54, 1.807) is 0 Å². The minimum Gasteiger partial charge on any atom is -0.223 e. The number of hydrogen-bond acceptors (Lipinski definition) is 5. The van der Waals surface area contributed by atoms with Crippen molar-refractivity contribution in [1.82, 2.24) is 25.1 Å². The third-order valence-corrected chi connectivity index (χ3v) is 1.92. The second-order valence-corrected chi connectivity index (χ2v) is 2.82. The Hall–Kier alpha value is -2.17. The lowest BCUT2D eigenvalue weighted by Crippen LogP contribution is -1.93. The number of nitrogens with zero attached hydrogens (tertiary/aromatic N) is 5. The third-order valence-electron chi connectivity index (χ3n) is 1.92. The highest BCUT2D eigenvalue weighted by Crippen LogP contribution is 2.10. The SMILES string of the molecule is c1ccc2nc3nncnc3nc2c1. The van der Waals surface area contributed by atoms with Gasteiger partial charge in [0.1, 0.15) is 6.33 Å². The molecular weight excluding hydrogens is 178 g/mol. The summed E-state index contributed by atoms with van der Waals surface area (Å²) in [6, 6.07) is 7.60. The van der Waals surface area contributed by atoms with Gasteiger partial charge in [0.05, 0.1) is 11.0 Å². The standard InChI is InChI=1S/C9H5N5/c1-2-4-7-6(3-1)12-8-9(13-7)14-11-5-10-8/h1-5H. The van der Waals surface area contributed by atoms with Crippen molar-refractivity contribution in [2.75, 3.05) is 0 Å². The second-order valence-electron chi connectivity index (χ2n) is 2.82. The Kier molecular flexibility index (Phi) is 1.38. The molecular formula is C9H5N5. The zero-order valence-electron chi connectivity index (χ0n) is 7.12. The lowest BCUT2D eigenvalue weighted by atomic mass is 10.3. The smallest absolute Gasteiger partial charge is 0.220 e. The van der Waals surface area contributed by atoms with Crippen LogP contribution in [0.3, 0.4) is 0 Å². The van der Waals surface area contributed by atoms with Gasteiger partial charge in [0, 0.05) is 0 Å². The van der Waals surface area contributed by atoms with Crippen LogP contribution in [0.25, 0.3) is 22.3 Å². The van der Waals surface area contributed by atoms with Gasteiger partial charge in [0.2, 0.25) is 11.3 Å². The Bertz CT molecular complexity index is 502. The van der Waals surface area contributed by atoms with Crippen LogP contribution in [0.15, 0.2) is 30.6 Å². The van der Waals surface area contributed by atoms with Crippen LogP contribution < -0.4 is 0 Å². The molecule has 0 bridgehead atoms. The van der Waals surface area contributed by atoms with E-state index in [0.29, 0.717) is 11.3 Å². The molecule has 5 nitrogen and oxygen atoms in total. The zero-order valence-corrected chi connectivity index (χ0v) is 7.12. The summed E-state index contributed by atoms with van der Waals surface area (Å²) in [4.78, 5) is 12.6. The molecule has 66 valence electrons. The van der Waals surface area contributed by atoms with Crippen molar-refractivity contribution in [3.05, 3.63) is 30.6 Å². The number of para-hydroxylation sites is 2. The molecule has 1 aromatic carbocycles. The molecule has 3 rings (SSSR count). The molecule has 0 saturated heterocycles. The molecule has 0 aliphatic heterocycles. The van der Waals surface area contributed by atoms with Gasteiger partial charge in [0.15, 0.2) is 0 Å². The highest BCUT2D eigenvalue weighted by atomic mass is 15.2. The molecule has 0 aliphatic carbocycles. The summed E-state index contributed by atoms with van der Waals surface area (Å²) in [6.45, 7) is 0. The molecule has 3 aromatic rings. The van der Waals surface area contributed by atoms with Crippen molar-refractivity contribution < 1.29 is 0 Å². The largest absolute Gasteiger partial charge is 0.223 e. The number of benzene rings is 1. The average Bonchev–Trinajstić information content (AvgIpc) is 2.26. The fraction of sp³-hybridized carbons (Fsp3) is 0. The predicted molar refractivity (Wildman–Crippen MR) is 50.4 cm³/mol. The van der Waals surface area contributed by atoms with E-state index in [9.17, 15) is 0 Å². The fourth-order valence-corrected chi connectivity index (χ4v) is 1.30. The van der Waals surface area contributed by atoms with E-state index in [1.165, 1.54) is 6.33 Å². The first kappa shape index (κ1) is 7.25. The average molecular weight is 183 g/mol. The maximum Gasteiger partial charge on any atom is 0.220 e. The van der Waals surface area contributed by atoms with Crippen molar-refractivity contribution >= 4 is 22.3 Å². The van der Waals surface area contributed by atoms with Gasteiger partial charge in [0.25, 0.3) is 0 Å². The molecule has 0 spiro atoms. The summed E-state index contributed by atoms with van der Waals surface area (Å²) < 4.78 is 0. The van der Waals surface area contributed by atoms with E-state index < -0.39 is 0 Å². The van der Waals surface area contributed by atoms with Gasteiger partial charge in [-0.25, -0.2) is 15.0 Å². The molecule has 5 heteroatoms. The lowest BCUT2D eigenvalue weighted by molar-refractivity contribution is 0.995. The van der Waals surface area contributed by atoms with Crippen LogP contribution in [0, 0.1) is 0 Å². The van der Waals surface area contributed by atoms with Crippen LogP contribution >= 0.6 is 0 Å². The van der Waals surface area contributed by atoms with Crippen LogP contribution in [0.5, 0.6) is 0 Å². The number of fused-ring (bicyclic) bond motifs is 2. The Morgan fingerprint density at radius 1 is 0.857 bits per heavy atom. The second kappa shape index (κ2) is 2.66. The molecule has 0 fully saturated rings. The van der Waals surface area contributed by atoms with Crippen LogP contribution in [0.4, 0.5) is 0 Å². The topological polar surface area (TPSA) is 64.5 Å². The normalized spacial score (nSPS) is 10.9. The first-order valence-electron chi connectivity index (χ1n) is 4.14. The summed E-state index contributed by atoms with van der Waals surface area (Å²) >= 11 is 0. The molecule has 0 N–H and O–H groups in total. The molecule has 0 aliphatic rings. The van der Waals surface area contributed by atoms with Crippen LogP contribution in [0.1, 0.15) is 0 Å². The van der Waals surface area contributed by atoms with E-state index >= 15 is 0 Å². The molecule has 0 saturated carbocycles. The summed E-state index contributed by atoms with van der Waals surface area (Å²) in [6.07, 6.45) is 1.37. The minimum atomic E-state index is 0.478. The molecule has 2 aromatic heterocycles. The number of rotatable bonds is 0. The van der Waals surface area contributed by atoms with Crippen LogP contribution in [-0.4, -0.2) is 25.1 Å². The van der Waals surface area contributed by atoms with Crippen molar-refractivity contribution in [3.8, 4) is 0 Å². The van der Waals surface area contributed by atoms with Crippen molar-refractivity contribution in [3.63, 3.8) is 0 Å². The Morgan fingerprint density at radius 3 is 2.36 bits per heavy atom. The Balaban J connectivity index is 2.52. The van der Waals surface area contributed by atoms with Gasteiger partial charge >= 0.3 is 0 Å².